The minimum Gasteiger partial charge on any atom is -0.221 e. The molecular weight excluding hydrogens is 186 g/mol. The largest absolute Gasteiger partial charge is 0.221 e. The van der Waals surface area contributed by atoms with Crippen LogP contribution in [-0.2, 0) is 12.8 Å². The molecule has 2 aromatic rings. The predicted octanol–water partition coefficient (Wildman–Crippen LogP) is 2.34. The molecule has 0 fully saturated rings. The third-order valence-electron chi connectivity index (χ3n) is 3.29. The van der Waals surface area contributed by atoms with Crippen LogP contribution in [0.4, 0.5) is 0 Å². The van der Waals surface area contributed by atoms with Gasteiger partial charge in [-0.05, 0) is 36.3 Å². The molecule has 0 bridgehead atoms. The van der Waals surface area contributed by atoms with E-state index in [4.69, 9.17) is 0 Å². The fraction of sp³-hybridized carbons (Fsp3) is 0.500. The first-order valence-corrected chi connectivity index (χ1v) is 5.61. The molecule has 15 heavy (non-hydrogen) atoms. The van der Waals surface area contributed by atoms with Crippen molar-refractivity contribution in [1.29, 1.82) is 0 Å². The molecule has 0 radical (unpaired) electrons. The van der Waals surface area contributed by atoms with Gasteiger partial charge in [0.05, 0.1) is 0 Å². The standard InChI is InChI=1S/C12H15N3/c1-8(2)11-6-15-12(13-7-14-15)10-5-3-4-9(10)11/h6-8H,3-5H2,1-2H3. The molecule has 0 aromatic carbocycles. The first kappa shape index (κ1) is 8.89. The van der Waals surface area contributed by atoms with Crippen LogP contribution in [0.15, 0.2) is 12.5 Å². The average molecular weight is 201 g/mol. The second-order valence-electron chi connectivity index (χ2n) is 4.58. The second kappa shape index (κ2) is 3.05. The maximum Gasteiger partial charge on any atom is 0.158 e. The van der Waals surface area contributed by atoms with E-state index in [0.29, 0.717) is 5.92 Å². The van der Waals surface area contributed by atoms with Gasteiger partial charge < -0.3 is 0 Å². The van der Waals surface area contributed by atoms with Crippen molar-refractivity contribution in [3.05, 3.63) is 29.2 Å². The number of hydrogen-bond acceptors (Lipinski definition) is 2. The van der Waals surface area contributed by atoms with Crippen LogP contribution in [0.5, 0.6) is 0 Å². The van der Waals surface area contributed by atoms with Crippen LogP contribution >= 0.6 is 0 Å². The van der Waals surface area contributed by atoms with Crippen LogP contribution in [0.2, 0.25) is 0 Å². The van der Waals surface area contributed by atoms with Crippen molar-refractivity contribution in [3.8, 4) is 0 Å². The maximum atomic E-state index is 4.34. The normalized spacial score (nSPS) is 15.1. The van der Waals surface area contributed by atoms with Gasteiger partial charge >= 0.3 is 0 Å². The zero-order chi connectivity index (χ0) is 10.4. The Labute approximate surface area is 89.1 Å². The summed E-state index contributed by atoms with van der Waals surface area (Å²) in [6.07, 6.45) is 7.45. The predicted molar refractivity (Wildman–Crippen MR) is 59.1 cm³/mol. The van der Waals surface area contributed by atoms with Gasteiger partial charge in [0, 0.05) is 11.8 Å². The van der Waals surface area contributed by atoms with Crippen LogP contribution in [0.1, 0.15) is 42.9 Å². The number of aromatic nitrogens is 3. The van der Waals surface area contributed by atoms with Gasteiger partial charge in [0.1, 0.15) is 6.33 Å². The van der Waals surface area contributed by atoms with Crippen LogP contribution in [0.25, 0.3) is 5.65 Å². The lowest BCUT2D eigenvalue weighted by Gasteiger charge is -2.12. The second-order valence-corrected chi connectivity index (χ2v) is 4.58. The summed E-state index contributed by atoms with van der Waals surface area (Å²) in [5, 5.41) is 4.24. The van der Waals surface area contributed by atoms with Crippen molar-refractivity contribution >= 4 is 5.65 Å². The van der Waals surface area contributed by atoms with Crippen molar-refractivity contribution in [2.24, 2.45) is 0 Å². The van der Waals surface area contributed by atoms with Crippen molar-refractivity contribution < 1.29 is 0 Å². The van der Waals surface area contributed by atoms with Crippen molar-refractivity contribution in [2.75, 3.05) is 0 Å². The number of rotatable bonds is 1. The molecule has 0 amide bonds. The molecule has 1 aliphatic rings. The third kappa shape index (κ3) is 1.19. The van der Waals surface area contributed by atoms with E-state index in [2.05, 4.69) is 30.1 Å². The molecule has 0 saturated heterocycles. The Bertz CT molecular complexity index is 511. The lowest BCUT2D eigenvalue weighted by molar-refractivity contribution is 0.815. The number of nitrogens with zero attached hydrogens (tertiary/aromatic N) is 3. The molecule has 78 valence electrons. The molecule has 0 N–H and O–H groups in total. The monoisotopic (exact) mass is 201 g/mol. The van der Waals surface area contributed by atoms with Gasteiger partial charge in [-0.1, -0.05) is 13.8 Å². The topological polar surface area (TPSA) is 30.2 Å². The molecule has 2 heterocycles. The molecule has 1 aliphatic carbocycles. The van der Waals surface area contributed by atoms with Gasteiger partial charge in [0.25, 0.3) is 0 Å². The highest BCUT2D eigenvalue weighted by atomic mass is 15.3. The van der Waals surface area contributed by atoms with E-state index in [-0.39, 0.29) is 0 Å². The first-order valence-electron chi connectivity index (χ1n) is 5.61. The van der Waals surface area contributed by atoms with Gasteiger partial charge in [-0.3, -0.25) is 0 Å². The summed E-state index contributed by atoms with van der Waals surface area (Å²) in [7, 11) is 0. The lowest BCUT2D eigenvalue weighted by atomic mass is 9.97. The molecule has 0 saturated carbocycles. The third-order valence-corrected chi connectivity index (χ3v) is 3.29. The Hall–Kier alpha value is -1.38. The summed E-state index contributed by atoms with van der Waals surface area (Å²) in [6, 6.07) is 0. The number of hydrogen-bond donors (Lipinski definition) is 0. The minimum absolute atomic E-state index is 0.574. The number of fused-ring (bicyclic) bond motifs is 3. The van der Waals surface area contributed by atoms with E-state index in [9.17, 15) is 0 Å². The fourth-order valence-corrected chi connectivity index (χ4v) is 2.58. The summed E-state index contributed by atoms with van der Waals surface area (Å²) in [4.78, 5) is 4.34. The van der Waals surface area contributed by atoms with Crippen molar-refractivity contribution in [3.63, 3.8) is 0 Å². The molecule has 3 rings (SSSR count). The van der Waals surface area contributed by atoms with E-state index >= 15 is 0 Å². The molecule has 3 heteroatoms. The average Bonchev–Trinajstić information content (AvgIpc) is 2.83. The summed E-state index contributed by atoms with van der Waals surface area (Å²) >= 11 is 0. The van der Waals surface area contributed by atoms with Gasteiger partial charge in [0.2, 0.25) is 0 Å². The highest BCUT2D eigenvalue weighted by Gasteiger charge is 2.20. The molecule has 0 aliphatic heterocycles. The van der Waals surface area contributed by atoms with Gasteiger partial charge in [-0.2, -0.15) is 5.10 Å². The first-order chi connectivity index (χ1) is 7.27. The molecule has 0 atom stereocenters. The van der Waals surface area contributed by atoms with Crippen molar-refractivity contribution in [1.82, 2.24) is 14.6 Å². The Kier molecular flexibility index (Phi) is 1.81. The molecular formula is C12H15N3. The van der Waals surface area contributed by atoms with E-state index < -0.39 is 0 Å². The number of aryl methyl sites for hydroxylation is 1. The zero-order valence-electron chi connectivity index (χ0n) is 9.20. The summed E-state index contributed by atoms with van der Waals surface area (Å²) in [6.45, 7) is 4.49. The summed E-state index contributed by atoms with van der Waals surface area (Å²) in [5.41, 5.74) is 5.47. The van der Waals surface area contributed by atoms with E-state index in [1.54, 1.807) is 6.33 Å². The van der Waals surface area contributed by atoms with E-state index in [0.717, 1.165) is 12.1 Å². The maximum absolute atomic E-state index is 4.34. The summed E-state index contributed by atoms with van der Waals surface area (Å²) < 4.78 is 1.93. The SMILES string of the molecule is CC(C)c1cn2ncnc2c2c1CCC2. The minimum atomic E-state index is 0.574. The molecule has 0 unspecified atom stereocenters. The Balaban J connectivity index is 2.37. The van der Waals surface area contributed by atoms with E-state index in [1.807, 2.05) is 4.52 Å². The quantitative estimate of drug-likeness (QED) is 0.709. The Morgan fingerprint density at radius 2 is 2.07 bits per heavy atom. The highest BCUT2D eigenvalue weighted by Crippen LogP contribution is 2.31. The number of pyridine rings is 1. The molecule has 0 spiro atoms. The lowest BCUT2D eigenvalue weighted by Crippen LogP contribution is -2.02. The van der Waals surface area contributed by atoms with Crippen LogP contribution in [0.3, 0.4) is 0 Å². The summed E-state index contributed by atoms with van der Waals surface area (Å²) in [5.74, 6) is 0.574. The van der Waals surface area contributed by atoms with Gasteiger partial charge in [0.15, 0.2) is 5.65 Å². The van der Waals surface area contributed by atoms with Gasteiger partial charge in [-0.25, -0.2) is 9.50 Å². The Morgan fingerprint density at radius 3 is 2.87 bits per heavy atom. The Morgan fingerprint density at radius 1 is 1.27 bits per heavy atom. The van der Waals surface area contributed by atoms with Gasteiger partial charge in [-0.15, -0.1) is 0 Å². The zero-order valence-corrected chi connectivity index (χ0v) is 9.20. The highest BCUT2D eigenvalue weighted by molar-refractivity contribution is 5.56. The van der Waals surface area contributed by atoms with Crippen LogP contribution < -0.4 is 0 Å². The molecule has 2 aromatic heterocycles. The fourth-order valence-electron chi connectivity index (χ4n) is 2.58. The smallest absolute Gasteiger partial charge is 0.158 e. The van der Waals surface area contributed by atoms with Crippen molar-refractivity contribution in [2.45, 2.75) is 39.0 Å². The van der Waals surface area contributed by atoms with Crippen LogP contribution in [0, 0.1) is 0 Å². The molecule has 3 nitrogen and oxygen atoms in total. The van der Waals surface area contributed by atoms with E-state index in [1.165, 1.54) is 29.5 Å². The van der Waals surface area contributed by atoms with Crippen LogP contribution in [-0.4, -0.2) is 14.6 Å².